The van der Waals surface area contributed by atoms with Gasteiger partial charge in [0, 0.05) is 5.54 Å². The first-order chi connectivity index (χ1) is 7.76. The minimum absolute atomic E-state index is 0.206. The van der Waals surface area contributed by atoms with Gasteiger partial charge >= 0.3 is 0 Å². The number of halogens is 2. The number of rotatable bonds is 4. The van der Waals surface area contributed by atoms with Crippen LogP contribution < -0.4 is 5.32 Å². The smallest absolute Gasteiger partial charge is 0.295 e. The predicted octanol–water partition coefficient (Wildman–Crippen LogP) is 4.10. The zero-order valence-electron chi connectivity index (χ0n) is 9.88. The number of hydrogen-bond acceptors (Lipinski definition) is 3. The maximum Gasteiger partial charge on any atom is 0.295 e. The van der Waals surface area contributed by atoms with Gasteiger partial charge in [-0.05, 0) is 42.3 Å². The van der Waals surface area contributed by atoms with Crippen LogP contribution in [0.1, 0.15) is 27.2 Å². The summed E-state index contributed by atoms with van der Waals surface area (Å²) in [6.07, 6.45) is 0.791. The van der Waals surface area contributed by atoms with E-state index in [1.165, 1.54) is 6.07 Å². The molecular formula is C11H14BrFN2O2. The summed E-state index contributed by atoms with van der Waals surface area (Å²) in [5, 5.41) is 13.9. The Morgan fingerprint density at radius 2 is 2.12 bits per heavy atom. The third kappa shape index (κ3) is 3.39. The standard InChI is InChI=1S/C11H14BrFN2O2/c1-4-11(2,3)14-9-5-7(12)8(13)6-10(9)15(16)17/h5-6,14H,4H2,1-3H3. The zero-order chi connectivity index (χ0) is 13.2. The summed E-state index contributed by atoms with van der Waals surface area (Å²) < 4.78 is 13.5. The van der Waals surface area contributed by atoms with Gasteiger partial charge in [-0.2, -0.15) is 0 Å². The van der Waals surface area contributed by atoms with Gasteiger partial charge in [0.25, 0.3) is 5.69 Å². The second-order valence-corrected chi connectivity index (χ2v) is 5.26. The van der Waals surface area contributed by atoms with Gasteiger partial charge in [0.2, 0.25) is 0 Å². The van der Waals surface area contributed by atoms with Crippen LogP contribution in [0.15, 0.2) is 16.6 Å². The van der Waals surface area contributed by atoms with Crippen molar-refractivity contribution in [3.05, 3.63) is 32.5 Å². The summed E-state index contributed by atoms with van der Waals surface area (Å²) in [6.45, 7) is 5.82. The fourth-order valence-electron chi connectivity index (χ4n) is 1.24. The maximum atomic E-state index is 13.3. The normalized spacial score (nSPS) is 11.4. The molecule has 0 saturated carbocycles. The molecule has 0 amide bonds. The van der Waals surface area contributed by atoms with Gasteiger partial charge in [-0.3, -0.25) is 10.1 Å². The molecular weight excluding hydrogens is 291 g/mol. The van der Waals surface area contributed by atoms with Crippen molar-refractivity contribution in [1.29, 1.82) is 0 Å². The Balaban J connectivity index is 3.22. The van der Waals surface area contributed by atoms with Crippen molar-refractivity contribution >= 4 is 27.3 Å². The van der Waals surface area contributed by atoms with Crippen LogP contribution in [0.2, 0.25) is 0 Å². The van der Waals surface area contributed by atoms with Gasteiger partial charge in [-0.15, -0.1) is 0 Å². The molecule has 0 unspecified atom stereocenters. The van der Waals surface area contributed by atoms with Gasteiger partial charge in [0.1, 0.15) is 11.5 Å². The highest BCUT2D eigenvalue weighted by Gasteiger charge is 2.22. The zero-order valence-corrected chi connectivity index (χ0v) is 11.5. The van der Waals surface area contributed by atoms with Gasteiger partial charge in [0.15, 0.2) is 0 Å². The summed E-state index contributed by atoms with van der Waals surface area (Å²) in [6, 6.07) is 2.31. The van der Waals surface area contributed by atoms with Gasteiger partial charge in [-0.25, -0.2) is 4.39 Å². The van der Waals surface area contributed by atoms with Crippen LogP contribution in [-0.4, -0.2) is 10.5 Å². The molecule has 0 aromatic heterocycles. The molecule has 1 rings (SSSR count). The Kier molecular flexibility index (Phi) is 4.08. The van der Waals surface area contributed by atoms with Crippen molar-refractivity contribution in [2.24, 2.45) is 0 Å². The van der Waals surface area contributed by atoms with E-state index < -0.39 is 10.7 Å². The van der Waals surface area contributed by atoms with Crippen LogP contribution in [0.4, 0.5) is 15.8 Å². The Bertz CT molecular complexity index is 449. The second kappa shape index (κ2) is 5.00. The second-order valence-electron chi connectivity index (χ2n) is 4.40. The summed E-state index contributed by atoms with van der Waals surface area (Å²) in [4.78, 5) is 10.2. The molecule has 94 valence electrons. The lowest BCUT2D eigenvalue weighted by Gasteiger charge is -2.25. The maximum absolute atomic E-state index is 13.3. The Hall–Kier alpha value is -1.17. The Labute approximate surface area is 107 Å². The topological polar surface area (TPSA) is 55.2 Å². The molecule has 0 radical (unpaired) electrons. The number of anilines is 1. The summed E-state index contributed by atoms with van der Waals surface area (Å²) in [5.41, 5.74) is -0.232. The molecule has 1 N–H and O–H groups in total. The monoisotopic (exact) mass is 304 g/mol. The first kappa shape index (κ1) is 13.9. The van der Waals surface area contributed by atoms with E-state index in [4.69, 9.17) is 0 Å². The molecule has 0 fully saturated rings. The molecule has 0 atom stereocenters. The third-order valence-electron chi connectivity index (χ3n) is 2.59. The van der Waals surface area contributed by atoms with E-state index in [-0.39, 0.29) is 15.7 Å². The SMILES string of the molecule is CCC(C)(C)Nc1cc(Br)c(F)cc1[N+](=O)[O-]. The van der Waals surface area contributed by atoms with Crippen molar-refractivity contribution in [3.63, 3.8) is 0 Å². The lowest BCUT2D eigenvalue weighted by Crippen LogP contribution is -2.30. The van der Waals surface area contributed by atoms with E-state index in [9.17, 15) is 14.5 Å². The molecule has 1 aromatic carbocycles. The molecule has 0 saturated heterocycles. The van der Waals surface area contributed by atoms with E-state index >= 15 is 0 Å². The highest BCUT2D eigenvalue weighted by Crippen LogP contribution is 2.32. The lowest BCUT2D eigenvalue weighted by atomic mass is 10.0. The average Bonchev–Trinajstić information content (AvgIpc) is 2.22. The van der Waals surface area contributed by atoms with E-state index in [1.54, 1.807) is 0 Å². The summed E-state index contributed by atoms with van der Waals surface area (Å²) >= 11 is 3.02. The molecule has 0 aliphatic heterocycles. The first-order valence-electron chi connectivity index (χ1n) is 5.18. The number of nitrogens with zero attached hydrogens (tertiary/aromatic N) is 1. The Morgan fingerprint density at radius 3 is 2.59 bits per heavy atom. The molecule has 0 heterocycles. The molecule has 4 nitrogen and oxygen atoms in total. The number of nitro benzene ring substituents is 1. The van der Waals surface area contributed by atoms with Gasteiger partial charge in [-0.1, -0.05) is 6.92 Å². The average molecular weight is 305 g/mol. The van der Waals surface area contributed by atoms with Crippen LogP contribution in [0.3, 0.4) is 0 Å². The number of nitro groups is 1. The molecule has 0 aliphatic rings. The quantitative estimate of drug-likeness (QED) is 0.673. The lowest BCUT2D eigenvalue weighted by molar-refractivity contribution is -0.384. The third-order valence-corrected chi connectivity index (χ3v) is 3.20. The molecule has 0 spiro atoms. The van der Waals surface area contributed by atoms with Crippen molar-refractivity contribution in [2.45, 2.75) is 32.7 Å². The van der Waals surface area contributed by atoms with Crippen molar-refractivity contribution < 1.29 is 9.31 Å². The predicted molar refractivity (Wildman–Crippen MR) is 68.7 cm³/mol. The largest absolute Gasteiger partial charge is 0.375 e. The van der Waals surface area contributed by atoms with Crippen LogP contribution in [0.5, 0.6) is 0 Å². The van der Waals surface area contributed by atoms with Crippen molar-refractivity contribution in [1.82, 2.24) is 0 Å². The number of nitrogens with one attached hydrogen (secondary N) is 1. The van der Waals surface area contributed by atoms with E-state index in [0.717, 1.165) is 12.5 Å². The fraction of sp³-hybridized carbons (Fsp3) is 0.455. The van der Waals surface area contributed by atoms with E-state index in [0.29, 0.717) is 5.69 Å². The van der Waals surface area contributed by atoms with Crippen molar-refractivity contribution in [3.8, 4) is 0 Å². The van der Waals surface area contributed by atoms with Crippen LogP contribution in [0, 0.1) is 15.9 Å². The molecule has 17 heavy (non-hydrogen) atoms. The summed E-state index contributed by atoms with van der Waals surface area (Å²) in [5.74, 6) is -0.642. The highest BCUT2D eigenvalue weighted by molar-refractivity contribution is 9.10. The number of benzene rings is 1. The minimum atomic E-state index is -0.642. The van der Waals surface area contributed by atoms with Crippen LogP contribution in [0.25, 0.3) is 0 Å². The van der Waals surface area contributed by atoms with Crippen molar-refractivity contribution in [2.75, 3.05) is 5.32 Å². The van der Waals surface area contributed by atoms with Crippen LogP contribution >= 0.6 is 15.9 Å². The fourth-order valence-corrected chi connectivity index (χ4v) is 1.58. The minimum Gasteiger partial charge on any atom is -0.375 e. The molecule has 0 bridgehead atoms. The van der Waals surface area contributed by atoms with Gasteiger partial charge in [0.05, 0.1) is 15.5 Å². The number of hydrogen-bond donors (Lipinski definition) is 1. The van der Waals surface area contributed by atoms with E-state index in [2.05, 4.69) is 21.2 Å². The van der Waals surface area contributed by atoms with Crippen LogP contribution in [-0.2, 0) is 0 Å². The summed E-state index contributed by atoms with van der Waals surface area (Å²) in [7, 11) is 0. The van der Waals surface area contributed by atoms with Gasteiger partial charge < -0.3 is 5.32 Å². The Morgan fingerprint density at radius 1 is 1.53 bits per heavy atom. The molecule has 6 heteroatoms. The highest BCUT2D eigenvalue weighted by atomic mass is 79.9. The molecule has 0 aliphatic carbocycles. The van der Waals surface area contributed by atoms with E-state index in [1.807, 2.05) is 20.8 Å². The first-order valence-corrected chi connectivity index (χ1v) is 5.98. The molecule has 1 aromatic rings.